The lowest BCUT2D eigenvalue weighted by atomic mass is 9.94. The molecule has 2 saturated heterocycles. The highest BCUT2D eigenvalue weighted by Gasteiger charge is 2.33. The van der Waals surface area contributed by atoms with Gasteiger partial charge in [-0.2, -0.15) is 12.7 Å². The summed E-state index contributed by atoms with van der Waals surface area (Å²) in [4.78, 5) is 19.5. The molecule has 3 heterocycles. The second-order valence-corrected chi connectivity index (χ2v) is 13.5. The minimum Gasteiger partial charge on any atom is -0.381 e. The van der Waals surface area contributed by atoms with Gasteiger partial charge in [0, 0.05) is 64.0 Å². The van der Waals surface area contributed by atoms with Gasteiger partial charge in [-0.25, -0.2) is 4.98 Å². The first-order valence-corrected chi connectivity index (χ1v) is 15.1. The van der Waals surface area contributed by atoms with Crippen LogP contribution < -0.4 is 4.31 Å². The van der Waals surface area contributed by atoms with E-state index >= 15 is 0 Å². The smallest absolute Gasteiger partial charge is 0.303 e. The number of anilines is 1. The zero-order valence-electron chi connectivity index (χ0n) is 23.3. The molecule has 3 aromatic rings. The molecule has 0 aliphatic carbocycles. The first-order chi connectivity index (χ1) is 18.6. The third kappa shape index (κ3) is 5.69. The fraction of sp³-hybridized carbons (Fsp3) is 0.517. The fourth-order valence-electron chi connectivity index (χ4n) is 5.45. The molecule has 2 aliphatic rings. The SMILES string of the molecule is CN(c1ccc2c(c1)nc(C(C)(C)C)n2CC1CCOCC1)S(=O)(=O)N1CCN(C(=O)c2ccccc2)CC1. The topological polar surface area (TPSA) is 88.0 Å². The van der Waals surface area contributed by atoms with Gasteiger partial charge in [0.2, 0.25) is 0 Å². The summed E-state index contributed by atoms with van der Waals surface area (Å²) in [7, 11) is -2.19. The van der Waals surface area contributed by atoms with E-state index in [4.69, 9.17) is 9.72 Å². The van der Waals surface area contributed by atoms with Gasteiger partial charge in [0.05, 0.1) is 16.7 Å². The molecule has 0 radical (unpaired) electrons. The maximum atomic E-state index is 13.6. The molecule has 0 unspecified atom stereocenters. The summed E-state index contributed by atoms with van der Waals surface area (Å²) in [6, 6.07) is 14.8. The molecule has 0 N–H and O–H groups in total. The number of hydrogen-bond acceptors (Lipinski definition) is 5. The van der Waals surface area contributed by atoms with E-state index in [-0.39, 0.29) is 24.4 Å². The van der Waals surface area contributed by atoms with Crippen LogP contribution >= 0.6 is 0 Å². The monoisotopic (exact) mass is 553 g/mol. The Morgan fingerprint density at radius 2 is 1.69 bits per heavy atom. The highest BCUT2D eigenvalue weighted by atomic mass is 32.2. The van der Waals surface area contributed by atoms with Crippen molar-refractivity contribution in [2.45, 2.75) is 45.6 Å². The Morgan fingerprint density at radius 1 is 1.03 bits per heavy atom. The number of fused-ring (bicyclic) bond motifs is 1. The predicted molar refractivity (Wildman–Crippen MR) is 153 cm³/mol. The van der Waals surface area contributed by atoms with Gasteiger partial charge in [-0.15, -0.1) is 0 Å². The van der Waals surface area contributed by atoms with Gasteiger partial charge in [0.15, 0.2) is 0 Å². The quantitative estimate of drug-likeness (QED) is 0.462. The largest absolute Gasteiger partial charge is 0.381 e. The Labute approximate surface area is 231 Å². The number of piperazine rings is 1. The average molecular weight is 554 g/mol. The van der Waals surface area contributed by atoms with Crippen LogP contribution in [0.5, 0.6) is 0 Å². The van der Waals surface area contributed by atoms with Gasteiger partial charge in [0.1, 0.15) is 5.82 Å². The Hall–Kier alpha value is -2.95. The molecule has 1 aromatic heterocycles. The molecule has 2 fully saturated rings. The molecule has 2 aromatic carbocycles. The van der Waals surface area contributed by atoms with Gasteiger partial charge in [-0.05, 0) is 49.1 Å². The molecule has 2 aliphatic heterocycles. The maximum Gasteiger partial charge on any atom is 0.303 e. The number of nitrogens with zero attached hydrogens (tertiary/aromatic N) is 5. The maximum absolute atomic E-state index is 13.6. The molecule has 0 spiro atoms. The predicted octanol–water partition coefficient (Wildman–Crippen LogP) is 3.90. The summed E-state index contributed by atoms with van der Waals surface area (Å²) in [6.45, 7) is 10.2. The van der Waals surface area contributed by atoms with Crippen molar-refractivity contribution in [3.63, 3.8) is 0 Å². The van der Waals surface area contributed by atoms with Crippen LogP contribution in [0, 0.1) is 5.92 Å². The number of rotatable bonds is 6. The van der Waals surface area contributed by atoms with Crippen LogP contribution in [0.1, 0.15) is 49.8 Å². The first kappa shape index (κ1) is 27.6. The molecule has 0 bridgehead atoms. The van der Waals surface area contributed by atoms with E-state index in [2.05, 4.69) is 25.3 Å². The minimum atomic E-state index is -3.77. The van der Waals surface area contributed by atoms with Crippen molar-refractivity contribution >= 4 is 32.8 Å². The summed E-state index contributed by atoms with van der Waals surface area (Å²) in [5.41, 5.74) is 2.85. The van der Waals surface area contributed by atoms with Crippen LogP contribution in [0.3, 0.4) is 0 Å². The third-order valence-corrected chi connectivity index (χ3v) is 9.69. The summed E-state index contributed by atoms with van der Waals surface area (Å²) in [5, 5.41) is 0. The molecule has 5 rings (SSSR count). The standard InChI is InChI=1S/C29H39N5O4S/c1-29(2,3)28-30-25-20-24(10-11-26(25)34(28)21-22-12-18-38-19-13-22)31(4)39(36,37)33-16-14-32(15-17-33)27(35)23-8-6-5-7-9-23/h5-11,20,22H,12-19,21H2,1-4H3. The lowest BCUT2D eigenvalue weighted by Gasteiger charge is -2.36. The Kier molecular flexibility index (Phi) is 7.72. The van der Waals surface area contributed by atoms with Crippen LogP contribution in [-0.2, 0) is 26.9 Å². The van der Waals surface area contributed by atoms with E-state index in [0.717, 1.165) is 49.5 Å². The summed E-state index contributed by atoms with van der Waals surface area (Å²) in [6.07, 6.45) is 2.07. The molecule has 1 amide bonds. The molecular formula is C29H39N5O4S. The first-order valence-electron chi connectivity index (χ1n) is 13.7. The third-order valence-electron chi connectivity index (χ3n) is 7.77. The number of imidazole rings is 1. The van der Waals surface area contributed by atoms with Crippen molar-refractivity contribution in [3.8, 4) is 0 Å². The van der Waals surface area contributed by atoms with Gasteiger partial charge in [0.25, 0.3) is 5.91 Å². The van der Waals surface area contributed by atoms with Crippen LogP contribution in [0.4, 0.5) is 5.69 Å². The summed E-state index contributed by atoms with van der Waals surface area (Å²) in [5.74, 6) is 1.47. The summed E-state index contributed by atoms with van der Waals surface area (Å²) >= 11 is 0. The zero-order chi connectivity index (χ0) is 27.8. The van der Waals surface area contributed by atoms with E-state index < -0.39 is 10.2 Å². The number of benzene rings is 2. The number of carbonyl (C=O) groups excluding carboxylic acids is 1. The van der Waals surface area contributed by atoms with Gasteiger partial charge < -0.3 is 14.2 Å². The molecule has 210 valence electrons. The van der Waals surface area contributed by atoms with Crippen molar-refractivity contribution < 1.29 is 17.9 Å². The van der Waals surface area contributed by atoms with Crippen LogP contribution in [-0.4, -0.2) is 79.5 Å². The minimum absolute atomic E-state index is 0.0718. The second kappa shape index (κ2) is 10.9. The van der Waals surface area contributed by atoms with Crippen molar-refractivity contribution in [3.05, 3.63) is 59.9 Å². The molecule has 0 saturated carbocycles. The van der Waals surface area contributed by atoms with E-state index in [1.165, 1.54) is 8.61 Å². The number of ether oxygens (including phenoxy) is 1. The van der Waals surface area contributed by atoms with Crippen molar-refractivity contribution in [1.29, 1.82) is 0 Å². The van der Waals surface area contributed by atoms with Crippen LogP contribution in [0.2, 0.25) is 0 Å². The van der Waals surface area contributed by atoms with Crippen molar-refractivity contribution in [2.24, 2.45) is 5.92 Å². The molecule has 0 atom stereocenters. The van der Waals surface area contributed by atoms with Gasteiger partial charge in [-0.1, -0.05) is 39.0 Å². The fourth-order valence-corrected chi connectivity index (χ4v) is 6.80. The van der Waals surface area contributed by atoms with Crippen LogP contribution in [0.15, 0.2) is 48.5 Å². The van der Waals surface area contributed by atoms with Crippen LogP contribution in [0.25, 0.3) is 11.0 Å². The average Bonchev–Trinajstić information content (AvgIpc) is 3.31. The van der Waals surface area contributed by atoms with Gasteiger partial charge in [-0.3, -0.25) is 9.10 Å². The number of hydrogen-bond donors (Lipinski definition) is 0. The lowest BCUT2D eigenvalue weighted by molar-refractivity contribution is 0.0611. The Morgan fingerprint density at radius 3 is 2.33 bits per heavy atom. The zero-order valence-corrected chi connectivity index (χ0v) is 24.2. The molecule has 10 heteroatoms. The van der Waals surface area contributed by atoms with E-state index in [0.29, 0.717) is 30.3 Å². The highest BCUT2D eigenvalue weighted by molar-refractivity contribution is 7.90. The van der Waals surface area contributed by atoms with Crippen molar-refractivity contribution in [2.75, 3.05) is 50.7 Å². The van der Waals surface area contributed by atoms with E-state index in [1.807, 2.05) is 36.4 Å². The molecular weight excluding hydrogens is 514 g/mol. The number of carbonyl (C=O) groups is 1. The molecule has 9 nitrogen and oxygen atoms in total. The number of amides is 1. The van der Waals surface area contributed by atoms with Crippen molar-refractivity contribution in [1.82, 2.24) is 18.8 Å². The van der Waals surface area contributed by atoms with E-state index in [9.17, 15) is 13.2 Å². The highest BCUT2D eigenvalue weighted by Crippen LogP contribution is 2.32. The lowest BCUT2D eigenvalue weighted by Crippen LogP contribution is -2.53. The number of aromatic nitrogens is 2. The van der Waals surface area contributed by atoms with E-state index in [1.54, 1.807) is 24.1 Å². The molecule has 39 heavy (non-hydrogen) atoms. The second-order valence-electron chi connectivity index (χ2n) is 11.6. The summed E-state index contributed by atoms with van der Waals surface area (Å²) < 4.78 is 37.8. The Bertz CT molecular complexity index is 1420. The van der Waals surface area contributed by atoms with Gasteiger partial charge >= 0.3 is 10.2 Å². The Balaban J connectivity index is 1.34. The normalized spacial score (nSPS) is 18.0.